The molecule has 3 rings (SSSR count). The van der Waals surface area contributed by atoms with Crippen LogP contribution in [0.15, 0.2) is 35.5 Å². The number of piperazine rings is 1. The third-order valence-corrected chi connectivity index (χ3v) is 6.15. The van der Waals surface area contributed by atoms with Crippen molar-refractivity contribution in [2.24, 2.45) is 7.05 Å². The van der Waals surface area contributed by atoms with Crippen LogP contribution in [0.2, 0.25) is 0 Å². The molecule has 1 fully saturated rings. The molecule has 1 aliphatic heterocycles. The van der Waals surface area contributed by atoms with Gasteiger partial charge in [-0.2, -0.15) is 17.5 Å². The van der Waals surface area contributed by atoms with Crippen molar-refractivity contribution in [2.75, 3.05) is 19.6 Å². The van der Waals surface area contributed by atoms with E-state index in [4.69, 9.17) is 0 Å². The maximum Gasteiger partial charge on any atom is 0.417 e. The van der Waals surface area contributed by atoms with Crippen molar-refractivity contribution in [1.82, 2.24) is 19.2 Å². The number of sulfonamides is 1. The van der Waals surface area contributed by atoms with Crippen molar-refractivity contribution < 1.29 is 26.0 Å². The summed E-state index contributed by atoms with van der Waals surface area (Å²) in [7, 11) is -2.86. The fourth-order valence-corrected chi connectivity index (χ4v) is 4.75. The molecule has 1 atom stereocenters. The Morgan fingerprint density at radius 1 is 1.30 bits per heavy atom. The lowest BCUT2D eigenvalue weighted by Crippen LogP contribution is -2.49. The second kappa shape index (κ2) is 7.74. The maximum atomic E-state index is 13.3. The first-order valence-electron chi connectivity index (χ1n) is 7.69. The molecule has 1 unspecified atom stereocenters. The molecule has 1 aromatic carbocycles. The van der Waals surface area contributed by atoms with Crippen LogP contribution in [0.3, 0.4) is 0 Å². The Bertz CT molecular complexity index is 917. The number of aryl methyl sites for hydroxylation is 1. The highest BCUT2D eigenvalue weighted by molar-refractivity contribution is 7.89. The van der Waals surface area contributed by atoms with Gasteiger partial charge in [0, 0.05) is 39.1 Å². The van der Waals surface area contributed by atoms with E-state index in [1.165, 1.54) is 6.20 Å². The van der Waals surface area contributed by atoms with Gasteiger partial charge in [0.1, 0.15) is 11.6 Å². The highest BCUT2D eigenvalue weighted by Crippen LogP contribution is 2.37. The van der Waals surface area contributed by atoms with E-state index in [-0.39, 0.29) is 38.1 Å². The summed E-state index contributed by atoms with van der Waals surface area (Å²) in [5.41, 5.74) is -1.52. The number of aromatic nitrogens is 2. The molecule has 2 heterocycles. The van der Waals surface area contributed by atoms with Crippen molar-refractivity contribution in [1.29, 1.82) is 0 Å². The number of hydrogen-bond acceptors (Lipinski definition) is 4. The van der Waals surface area contributed by atoms with Crippen LogP contribution in [0.4, 0.5) is 17.6 Å². The van der Waals surface area contributed by atoms with Gasteiger partial charge >= 0.3 is 6.18 Å². The lowest BCUT2D eigenvalue weighted by Gasteiger charge is -2.35. The molecule has 0 saturated carbocycles. The Kier molecular flexibility index (Phi) is 6.19. The second-order valence-corrected chi connectivity index (χ2v) is 7.73. The largest absolute Gasteiger partial charge is 0.417 e. The van der Waals surface area contributed by atoms with Crippen LogP contribution < -0.4 is 5.32 Å². The molecule has 2 aromatic rings. The summed E-state index contributed by atoms with van der Waals surface area (Å²) in [6.07, 6.45) is -1.90. The Morgan fingerprint density at radius 3 is 2.59 bits per heavy atom. The molecule has 1 N–H and O–H groups in total. The van der Waals surface area contributed by atoms with E-state index in [1.807, 2.05) is 0 Å². The molecule has 27 heavy (non-hydrogen) atoms. The molecule has 1 aliphatic rings. The molecular weight excluding hydrogens is 412 g/mol. The molecule has 0 amide bonds. The summed E-state index contributed by atoms with van der Waals surface area (Å²) in [5.74, 6) is -0.756. The summed E-state index contributed by atoms with van der Waals surface area (Å²) >= 11 is 0. The minimum Gasteiger partial charge on any atom is -0.337 e. The van der Waals surface area contributed by atoms with Crippen LogP contribution in [-0.4, -0.2) is 41.9 Å². The molecule has 150 valence electrons. The number of imidazole rings is 1. The first-order valence-corrected chi connectivity index (χ1v) is 9.13. The summed E-state index contributed by atoms with van der Waals surface area (Å²) in [4.78, 5) is 3.15. The van der Waals surface area contributed by atoms with Crippen molar-refractivity contribution >= 4 is 22.4 Å². The van der Waals surface area contributed by atoms with Gasteiger partial charge in [0.05, 0.1) is 16.5 Å². The lowest BCUT2D eigenvalue weighted by atomic mass is 10.2. The average molecular weight is 429 g/mol. The predicted octanol–water partition coefficient (Wildman–Crippen LogP) is 2.33. The highest BCUT2D eigenvalue weighted by atomic mass is 35.5. The van der Waals surface area contributed by atoms with Gasteiger partial charge in [-0.25, -0.2) is 17.8 Å². The zero-order valence-electron chi connectivity index (χ0n) is 14.1. The number of alkyl halides is 3. The summed E-state index contributed by atoms with van der Waals surface area (Å²) in [6, 6.07) is 0.788. The SMILES string of the molecule is Cl.Cn1ccnc1C1CNCCN1S(=O)(=O)c1ccc(F)cc1C(F)(F)F. The zero-order chi connectivity index (χ0) is 19.1. The van der Waals surface area contributed by atoms with E-state index in [9.17, 15) is 26.0 Å². The number of nitrogens with one attached hydrogen (secondary N) is 1. The standard InChI is InChI=1S/C15H16F4N4O2S.ClH/c1-22-6-5-21-14(22)12-9-20-4-7-23(12)26(24,25)13-3-2-10(16)8-11(13)15(17,18)19;/h2-3,5-6,8,12,20H,4,7,9H2,1H3;1H. The number of hydrogen-bond donors (Lipinski definition) is 1. The van der Waals surface area contributed by atoms with Crippen molar-refractivity contribution in [3.63, 3.8) is 0 Å². The molecule has 0 radical (unpaired) electrons. The van der Waals surface area contributed by atoms with E-state index in [1.54, 1.807) is 17.8 Å². The van der Waals surface area contributed by atoms with Crippen LogP contribution >= 0.6 is 12.4 Å². The Hall–Kier alpha value is -1.69. The van der Waals surface area contributed by atoms with Gasteiger partial charge in [-0.3, -0.25) is 0 Å². The monoisotopic (exact) mass is 428 g/mol. The summed E-state index contributed by atoms with van der Waals surface area (Å²) in [6.45, 7) is 0.448. The number of rotatable bonds is 3. The van der Waals surface area contributed by atoms with Gasteiger partial charge in [-0.05, 0) is 18.2 Å². The zero-order valence-corrected chi connectivity index (χ0v) is 15.7. The minimum absolute atomic E-state index is 0. The first-order chi connectivity index (χ1) is 12.1. The van der Waals surface area contributed by atoms with E-state index < -0.39 is 38.5 Å². The van der Waals surface area contributed by atoms with Gasteiger partial charge in [-0.1, -0.05) is 0 Å². The van der Waals surface area contributed by atoms with Crippen molar-refractivity contribution in [2.45, 2.75) is 17.1 Å². The fraction of sp³-hybridized carbons (Fsp3) is 0.400. The Balaban J connectivity index is 0.00000261. The van der Waals surface area contributed by atoms with E-state index in [2.05, 4.69) is 10.3 Å². The third-order valence-electron chi connectivity index (χ3n) is 4.18. The van der Waals surface area contributed by atoms with Crippen LogP contribution in [0.5, 0.6) is 0 Å². The molecule has 12 heteroatoms. The van der Waals surface area contributed by atoms with Gasteiger partial charge in [0.25, 0.3) is 0 Å². The van der Waals surface area contributed by atoms with Crippen LogP contribution in [0, 0.1) is 5.82 Å². The molecule has 1 saturated heterocycles. The number of halogens is 5. The first kappa shape index (κ1) is 21.6. The van der Waals surface area contributed by atoms with E-state index in [0.29, 0.717) is 18.0 Å². The topological polar surface area (TPSA) is 67.2 Å². The predicted molar refractivity (Wildman–Crippen MR) is 91.4 cm³/mol. The third kappa shape index (κ3) is 4.10. The number of benzene rings is 1. The second-order valence-electron chi connectivity index (χ2n) is 5.87. The lowest BCUT2D eigenvalue weighted by molar-refractivity contribution is -0.140. The molecule has 6 nitrogen and oxygen atoms in total. The van der Waals surface area contributed by atoms with E-state index in [0.717, 1.165) is 4.31 Å². The van der Waals surface area contributed by atoms with Gasteiger partial charge in [0.15, 0.2) is 0 Å². The van der Waals surface area contributed by atoms with Crippen LogP contribution in [0.25, 0.3) is 0 Å². The van der Waals surface area contributed by atoms with Crippen LogP contribution in [0.1, 0.15) is 17.4 Å². The van der Waals surface area contributed by atoms with Crippen LogP contribution in [-0.2, 0) is 23.2 Å². The quantitative estimate of drug-likeness (QED) is 0.762. The number of nitrogens with zero attached hydrogens (tertiary/aromatic N) is 3. The molecule has 0 spiro atoms. The van der Waals surface area contributed by atoms with Gasteiger partial charge in [-0.15, -0.1) is 12.4 Å². The fourth-order valence-electron chi connectivity index (χ4n) is 2.97. The van der Waals surface area contributed by atoms with Gasteiger partial charge in [0.2, 0.25) is 10.0 Å². The van der Waals surface area contributed by atoms with Crippen molar-refractivity contribution in [3.8, 4) is 0 Å². The smallest absolute Gasteiger partial charge is 0.337 e. The average Bonchev–Trinajstić information content (AvgIpc) is 2.99. The van der Waals surface area contributed by atoms with E-state index >= 15 is 0 Å². The Labute approximate surface area is 159 Å². The maximum absolute atomic E-state index is 13.3. The molecule has 0 bridgehead atoms. The summed E-state index contributed by atoms with van der Waals surface area (Å²) in [5, 5.41) is 3.02. The molecule has 0 aliphatic carbocycles. The van der Waals surface area contributed by atoms with Gasteiger partial charge < -0.3 is 9.88 Å². The normalized spacial score (nSPS) is 18.9. The Morgan fingerprint density at radius 2 is 2.00 bits per heavy atom. The molecular formula is C15H17ClF4N4O2S. The molecule has 1 aromatic heterocycles. The minimum atomic E-state index is -5.00. The summed E-state index contributed by atoms with van der Waals surface area (Å²) < 4.78 is 81.8. The highest BCUT2D eigenvalue weighted by Gasteiger charge is 2.42. The van der Waals surface area contributed by atoms with Crippen molar-refractivity contribution in [3.05, 3.63) is 47.8 Å².